The third-order valence-corrected chi connectivity index (χ3v) is 8.82. The average Bonchev–Trinajstić information content (AvgIpc) is 2.95. The molecule has 3 aromatic carbocycles. The van der Waals surface area contributed by atoms with E-state index in [9.17, 15) is 18.3 Å². The number of hydrogen-bond donors (Lipinski definition) is 3. The maximum atomic E-state index is 13.1. The normalized spacial score (nSPS) is 14.7. The van der Waals surface area contributed by atoms with Gasteiger partial charge in [0.1, 0.15) is 5.75 Å². The number of nitrogens with one attached hydrogen (secondary N) is 2. The van der Waals surface area contributed by atoms with Crippen LogP contribution in [0, 0.1) is 5.92 Å². The highest BCUT2D eigenvalue weighted by Gasteiger charge is 2.25. The number of benzene rings is 3. The van der Waals surface area contributed by atoms with Crippen molar-refractivity contribution < 1.29 is 23.1 Å². The maximum absolute atomic E-state index is 13.1. The molecule has 0 bridgehead atoms. The first kappa shape index (κ1) is 33.6. The molecule has 1 amide bonds. The van der Waals surface area contributed by atoms with E-state index in [4.69, 9.17) is 4.74 Å². The van der Waals surface area contributed by atoms with E-state index >= 15 is 0 Å². The summed E-state index contributed by atoms with van der Waals surface area (Å²) in [4.78, 5) is 13.1. The molecule has 228 valence electrons. The third-order valence-electron chi connectivity index (χ3n) is 7.42. The van der Waals surface area contributed by atoms with Gasteiger partial charge in [-0.1, -0.05) is 79.9 Å². The second kappa shape index (κ2) is 16.1. The van der Waals surface area contributed by atoms with Gasteiger partial charge in [0, 0.05) is 6.54 Å². The highest BCUT2D eigenvalue weighted by molar-refractivity contribution is 7.90. The molecule has 9 heteroatoms. The van der Waals surface area contributed by atoms with Crippen LogP contribution in [0.2, 0.25) is 0 Å². The van der Waals surface area contributed by atoms with Gasteiger partial charge in [0.2, 0.25) is 10.0 Å². The van der Waals surface area contributed by atoms with Crippen LogP contribution in [-0.4, -0.2) is 44.4 Å². The lowest BCUT2D eigenvalue weighted by atomic mass is 9.91. The Labute approximate surface area is 256 Å². The second-order valence-electron chi connectivity index (χ2n) is 11.2. The number of aliphatic hydroxyl groups is 1. The van der Waals surface area contributed by atoms with Crippen molar-refractivity contribution in [1.29, 1.82) is 0 Å². The molecule has 0 heterocycles. The van der Waals surface area contributed by atoms with Crippen molar-refractivity contribution in [2.24, 2.45) is 5.92 Å². The Kier molecular flexibility index (Phi) is 12.9. The van der Waals surface area contributed by atoms with E-state index in [1.807, 2.05) is 62.4 Å². The lowest BCUT2D eigenvalue weighted by Crippen LogP contribution is -2.35. The molecule has 0 aliphatic heterocycles. The molecule has 3 aromatic rings. The van der Waals surface area contributed by atoms with Crippen LogP contribution in [0.25, 0.3) is 11.1 Å². The van der Waals surface area contributed by atoms with E-state index in [1.54, 1.807) is 12.1 Å². The van der Waals surface area contributed by atoms with Gasteiger partial charge in [0.25, 0.3) is 5.91 Å². The van der Waals surface area contributed by atoms with Gasteiger partial charge in [-0.05, 0) is 80.0 Å². The SMILES string of the molecule is CC(C)Oc1cc(-c2ccc(CCNC[C@@H](O)c3ccccc3)cc2)ccc1C(=O)NS(=O)(=O)CC1CCCCC1.Cl. The molecule has 0 aromatic heterocycles. The first-order valence-corrected chi connectivity index (χ1v) is 16.2. The van der Waals surface area contributed by atoms with Crippen molar-refractivity contribution in [2.75, 3.05) is 18.8 Å². The van der Waals surface area contributed by atoms with Crippen LogP contribution < -0.4 is 14.8 Å². The van der Waals surface area contributed by atoms with E-state index < -0.39 is 22.0 Å². The number of sulfonamides is 1. The number of rotatable bonds is 13. The Morgan fingerprint density at radius 3 is 2.29 bits per heavy atom. The third kappa shape index (κ3) is 10.1. The molecule has 0 spiro atoms. The minimum Gasteiger partial charge on any atom is -0.490 e. The summed E-state index contributed by atoms with van der Waals surface area (Å²) in [6.07, 6.45) is 5.09. The Morgan fingerprint density at radius 2 is 1.62 bits per heavy atom. The summed E-state index contributed by atoms with van der Waals surface area (Å²) in [6.45, 7) is 4.97. The van der Waals surface area contributed by atoms with Crippen LogP contribution in [0.1, 0.15) is 73.5 Å². The van der Waals surface area contributed by atoms with Crippen molar-refractivity contribution >= 4 is 28.3 Å². The molecule has 1 aliphatic rings. The van der Waals surface area contributed by atoms with Crippen molar-refractivity contribution in [3.8, 4) is 16.9 Å². The monoisotopic (exact) mass is 614 g/mol. The van der Waals surface area contributed by atoms with Crippen molar-refractivity contribution in [3.05, 3.63) is 89.5 Å². The van der Waals surface area contributed by atoms with E-state index in [0.717, 1.165) is 67.3 Å². The maximum Gasteiger partial charge on any atom is 0.268 e. The lowest BCUT2D eigenvalue weighted by Gasteiger charge is -2.21. The highest BCUT2D eigenvalue weighted by Crippen LogP contribution is 2.29. The molecular weight excluding hydrogens is 572 g/mol. The number of hydrogen-bond acceptors (Lipinski definition) is 6. The van der Waals surface area contributed by atoms with Crippen LogP contribution >= 0.6 is 12.4 Å². The molecule has 1 aliphatic carbocycles. The van der Waals surface area contributed by atoms with Gasteiger partial charge in [-0.2, -0.15) is 0 Å². The molecule has 1 saturated carbocycles. The summed E-state index contributed by atoms with van der Waals surface area (Å²) in [7, 11) is -3.74. The molecule has 0 radical (unpaired) electrons. The van der Waals surface area contributed by atoms with Crippen LogP contribution in [0.15, 0.2) is 72.8 Å². The van der Waals surface area contributed by atoms with Gasteiger partial charge in [-0.25, -0.2) is 13.1 Å². The van der Waals surface area contributed by atoms with E-state index in [1.165, 1.54) is 0 Å². The zero-order chi connectivity index (χ0) is 29.2. The number of carbonyl (C=O) groups excluding carboxylic acids is 1. The van der Waals surface area contributed by atoms with E-state index in [0.29, 0.717) is 12.3 Å². The largest absolute Gasteiger partial charge is 0.490 e. The topological polar surface area (TPSA) is 105 Å². The lowest BCUT2D eigenvalue weighted by molar-refractivity contribution is 0.0975. The molecule has 1 fully saturated rings. The van der Waals surface area contributed by atoms with Crippen LogP contribution in [0.5, 0.6) is 5.75 Å². The number of halogens is 1. The van der Waals surface area contributed by atoms with Crippen LogP contribution in [0.4, 0.5) is 0 Å². The first-order chi connectivity index (χ1) is 19.7. The summed E-state index contributed by atoms with van der Waals surface area (Å²) >= 11 is 0. The van der Waals surface area contributed by atoms with Gasteiger partial charge in [0.15, 0.2) is 0 Å². The summed E-state index contributed by atoms with van der Waals surface area (Å²) in [5.74, 6) is -0.231. The first-order valence-electron chi connectivity index (χ1n) is 14.6. The van der Waals surface area contributed by atoms with Crippen molar-refractivity contribution in [2.45, 2.75) is 64.6 Å². The fourth-order valence-corrected chi connectivity index (χ4v) is 6.70. The number of ether oxygens (including phenoxy) is 1. The van der Waals surface area contributed by atoms with Crippen LogP contribution in [-0.2, 0) is 16.4 Å². The Balaban J connectivity index is 0.00000484. The minimum atomic E-state index is -3.74. The molecular formula is C33H43ClN2O5S. The number of amides is 1. The van der Waals surface area contributed by atoms with Gasteiger partial charge in [-0.3, -0.25) is 4.79 Å². The molecule has 7 nitrogen and oxygen atoms in total. The number of carbonyl (C=O) groups is 1. The molecule has 0 unspecified atom stereocenters. The molecule has 3 N–H and O–H groups in total. The predicted octanol–water partition coefficient (Wildman–Crippen LogP) is 6.07. The summed E-state index contributed by atoms with van der Waals surface area (Å²) in [5, 5.41) is 13.6. The quantitative estimate of drug-likeness (QED) is 0.202. The van der Waals surface area contributed by atoms with Crippen molar-refractivity contribution in [3.63, 3.8) is 0 Å². The Bertz CT molecular complexity index is 1380. The van der Waals surface area contributed by atoms with Gasteiger partial charge >= 0.3 is 0 Å². The zero-order valence-electron chi connectivity index (χ0n) is 24.4. The fraction of sp³-hybridized carbons (Fsp3) is 0.424. The van der Waals surface area contributed by atoms with Gasteiger partial charge in [-0.15, -0.1) is 12.4 Å². The molecule has 42 heavy (non-hydrogen) atoms. The minimum absolute atomic E-state index is 0. The second-order valence-corrected chi connectivity index (χ2v) is 12.9. The predicted molar refractivity (Wildman–Crippen MR) is 171 cm³/mol. The summed E-state index contributed by atoms with van der Waals surface area (Å²) < 4.78 is 33.7. The molecule has 4 rings (SSSR count). The Hall–Kier alpha value is -2.91. The molecule has 1 atom stereocenters. The molecule has 0 saturated heterocycles. The standard InChI is InChI=1S/C33H42N2O5S.ClH/c1-24(2)40-32-21-29(17-18-30(32)33(37)35-41(38,39)23-26-9-5-3-6-10-26)27-15-13-25(14-16-27)19-20-34-22-31(36)28-11-7-4-8-12-28;/h4,7-8,11-18,21,24,26,31,34,36H,3,5-6,9-10,19-20,22-23H2,1-2H3,(H,35,37);1H/t31-;/m1./s1. The highest BCUT2D eigenvalue weighted by atomic mass is 35.5. The number of aliphatic hydroxyl groups excluding tert-OH is 1. The average molecular weight is 615 g/mol. The van der Waals surface area contributed by atoms with E-state index in [2.05, 4.69) is 22.2 Å². The Morgan fingerprint density at radius 1 is 0.952 bits per heavy atom. The van der Waals surface area contributed by atoms with Crippen LogP contribution in [0.3, 0.4) is 0 Å². The van der Waals surface area contributed by atoms with Crippen molar-refractivity contribution in [1.82, 2.24) is 10.0 Å². The summed E-state index contributed by atoms with van der Waals surface area (Å²) in [5.41, 5.74) is 4.10. The smallest absolute Gasteiger partial charge is 0.268 e. The van der Waals surface area contributed by atoms with Gasteiger partial charge < -0.3 is 15.2 Å². The summed E-state index contributed by atoms with van der Waals surface area (Å²) in [6, 6.07) is 23.0. The van der Waals surface area contributed by atoms with Gasteiger partial charge in [0.05, 0.1) is 23.5 Å². The van der Waals surface area contributed by atoms with E-state index in [-0.39, 0.29) is 35.7 Å². The fourth-order valence-electron chi connectivity index (χ4n) is 5.27. The zero-order valence-corrected chi connectivity index (χ0v) is 26.1.